The molecule has 0 aliphatic heterocycles. The van der Waals surface area contributed by atoms with E-state index >= 15 is 0 Å². The summed E-state index contributed by atoms with van der Waals surface area (Å²) in [6, 6.07) is 3.63. The molecule has 1 amide bonds. The molecule has 0 aliphatic carbocycles. The lowest BCUT2D eigenvalue weighted by atomic mass is 10.0. The highest BCUT2D eigenvalue weighted by Crippen LogP contribution is 2.10. The van der Waals surface area contributed by atoms with E-state index in [0.717, 1.165) is 6.07 Å². The first-order valence-electron chi connectivity index (χ1n) is 3.68. The Kier molecular flexibility index (Phi) is 2.62. The minimum atomic E-state index is -1.25. The van der Waals surface area contributed by atoms with Crippen molar-refractivity contribution in [2.24, 2.45) is 5.73 Å². The molecule has 0 radical (unpaired) electrons. The second kappa shape index (κ2) is 3.69. The lowest BCUT2D eigenvalue weighted by Crippen LogP contribution is -2.16. The fraction of sp³-hybridized carbons (Fsp3) is 0. The van der Waals surface area contributed by atoms with E-state index in [0.29, 0.717) is 6.29 Å². The third-order valence-corrected chi connectivity index (χ3v) is 1.68. The van der Waals surface area contributed by atoms with Gasteiger partial charge < -0.3 is 10.8 Å². The van der Waals surface area contributed by atoms with Crippen LogP contribution in [0.3, 0.4) is 0 Å². The predicted octanol–water partition coefficient (Wildman–Crippen LogP) is 0.296. The third kappa shape index (κ3) is 1.77. The van der Waals surface area contributed by atoms with Crippen LogP contribution in [-0.2, 0) is 0 Å². The van der Waals surface area contributed by atoms with Crippen molar-refractivity contribution >= 4 is 18.2 Å². The molecule has 0 heterocycles. The normalized spacial score (nSPS) is 9.43. The Morgan fingerprint density at radius 3 is 2.36 bits per heavy atom. The Bertz CT molecular complexity index is 411. The Morgan fingerprint density at radius 2 is 1.93 bits per heavy atom. The van der Waals surface area contributed by atoms with Crippen LogP contribution in [0.25, 0.3) is 0 Å². The molecule has 0 aromatic heterocycles. The zero-order valence-electron chi connectivity index (χ0n) is 7.06. The Labute approximate surface area is 79.1 Å². The van der Waals surface area contributed by atoms with E-state index in [4.69, 9.17) is 10.8 Å². The zero-order valence-corrected chi connectivity index (χ0v) is 7.06. The monoisotopic (exact) mass is 193 g/mol. The topological polar surface area (TPSA) is 97.5 Å². The van der Waals surface area contributed by atoms with Gasteiger partial charge in [0, 0.05) is 5.56 Å². The summed E-state index contributed by atoms with van der Waals surface area (Å²) in [6.45, 7) is 0. The largest absolute Gasteiger partial charge is 0.478 e. The van der Waals surface area contributed by atoms with Gasteiger partial charge in [-0.25, -0.2) is 4.79 Å². The maximum absolute atomic E-state index is 10.8. The summed E-state index contributed by atoms with van der Waals surface area (Å²) in [5.74, 6) is -2.12. The third-order valence-electron chi connectivity index (χ3n) is 1.68. The number of carboxylic acids is 1. The number of hydrogen-bond acceptors (Lipinski definition) is 3. The first-order valence-corrected chi connectivity index (χ1v) is 3.68. The molecule has 3 N–H and O–H groups in total. The summed E-state index contributed by atoms with van der Waals surface area (Å²) in [5.41, 5.74) is 4.80. The van der Waals surface area contributed by atoms with E-state index in [1.54, 1.807) is 0 Å². The number of nitrogens with two attached hydrogens (primary N) is 1. The van der Waals surface area contributed by atoms with Gasteiger partial charge in [-0.15, -0.1) is 0 Å². The standard InChI is InChI=1S/C9H7NO4/c10-8(12)7-3-5(4-11)1-2-6(7)9(13)14/h1-4H,(H2,10,12)(H,13,14). The minimum Gasteiger partial charge on any atom is -0.478 e. The highest BCUT2D eigenvalue weighted by atomic mass is 16.4. The summed E-state index contributed by atoms with van der Waals surface area (Å²) >= 11 is 0. The minimum absolute atomic E-state index is 0.165. The van der Waals surface area contributed by atoms with Crippen molar-refractivity contribution in [1.82, 2.24) is 0 Å². The number of carbonyl (C=O) groups is 3. The van der Waals surface area contributed by atoms with Crippen LogP contribution in [0, 0.1) is 0 Å². The van der Waals surface area contributed by atoms with Crippen molar-refractivity contribution in [3.63, 3.8) is 0 Å². The second-order valence-corrected chi connectivity index (χ2v) is 2.59. The van der Waals surface area contributed by atoms with Crippen LogP contribution < -0.4 is 5.73 Å². The maximum atomic E-state index is 10.8. The fourth-order valence-electron chi connectivity index (χ4n) is 1.03. The second-order valence-electron chi connectivity index (χ2n) is 2.59. The first kappa shape index (κ1) is 9.91. The number of primary amides is 1. The number of amides is 1. The van der Waals surface area contributed by atoms with Gasteiger partial charge in [-0.05, 0) is 12.1 Å². The number of aldehydes is 1. The molecule has 0 atom stereocenters. The van der Waals surface area contributed by atoms with E-state index in [9.17, 15) is 14.4 Å². The van der Waals surface area contributed by atoms with Gasteiger partial charge in [-0.3, -0.25) is 9.59 Å². The molecule has 0 aliphatic rings. The number of carbonyl (C=O) groups excluding carboxylic acids is 2. The molecule has 0 saturated carbocycles. The molecule has 0 fully saturated rings. The van der Waals surface area contributed by atoms with Crippen molar-refractivity contribution in [3.05, 3.63) is 34.9 Å². The van der Waals surface area contributed by atoms with Crippen molar-refractivity contribution in [3.8, 4) is 0 Å². The van der Waals surface area contributed by atoms with Gasteiger partial charge in [0.15, 0.2) is 0 Å². The predicted molar refractivity (Wildman–Crippen MR) is 47.3 cm³/mol. The summed E-state index contributed by atoms with van der Waals surface area (Å²) < 4.78 is 0. The summed E-state index contributed by atoms with van der Waals surface area (Å²) in [6.07, 6.45) is 0.512. The number of aromatic carboxylic acids is 1. The van der Waals surface area contributed by atoms with Gasteiger partial charge in [0.1, 0.15) is 6.29 Å². The Morgan fingerprint density at radius 1 is 1.29 bits per heavy atom. The van der Waals surface area contributed by atoms with Gasteiger partial charge in [-0.1, -0.05) is 6.07 Å². The van der Waals surface area contributed by atoms with Crippen LogP contribution in [0.5, 0.6) is 0 Å². The lowest BCUT2D eigenvalue weighted by Gasteiger charge is -2.01. The lowest BCUT2D eigenvalue weighted by molar-refractivity contribution is 0.0691. The number of carboxylic acid groups (broad SMARTS) is 1. The van der Waals surface area contributed by atoms with Crippen molar-refractivity contribution in [2.45, 2.75) is 0 Å². The molecule has 1 aromatic rings. The molecule has 1 rings (SSSR count). The molecule has 72 valence electrons. The Balaban J connectivity index is 3.38. The average molecular weight is 193 g/mol. The van der Waals surface area contributed by atoms with Crippen molar-refractivity contribution in [1.29, 1.82) is 0 Å². The molecular formula is C9H7NO4. The first-order chi connectivity index (χ1) is 6.56. The molecule has 1 aromatic carbocycles. The van der Waals surface area contributed by atoms with Crippen LogP contribution >= 0.6 is 0 Å². The quantitative estimate of drug-likeness (QED) is 0.674. The summed E-state index contributed by atoms with van der Waals surface area (Å²) in [5, 5.41) is 8.68. The zero-order chi connectivity index (χ0) is 10.7. The number of rotatable bonds is 3. The molecule has 5 nitrogen and oxygen atoms in total. The van der Waals surface area contributed by atoms with Gasteiger partial charge >= 0.3 is 5.97 Å². The van der Waals surface area contributed by atoms with Crippen LogP contribution in [0.2, 0.25) is 0 Å². The van der Waals surface area contributed by atoms with E-state index < -0.39 is 11.9 Å². The molecule has 0 bridgehead atoms. The van der Waals surface area contributed by atoms with E-state index in [-0.39, 0.29) is 16.7 Å². The summed E-state index contributed by atoms with van der Waals surface area (Å²) in [4.78, 5) is 31.8. The number of benzene rings is 1. The molecule has 14 heavy (non-hydrogen) atoms. The van der Waals surface area contributed by atoms with Gasteiger partial charge in [0.05, 0.1) is 11.1 Å². The van der Waals surface area contributed by atoms with Gasteiger partial charge in [-0.2, -0.15) is 0 Å². The Hall–Kier alpha value is -2.17. The fourth-order valence-corrected chi connectivity index (χ4v) is 1.03. The highest BCUT2D eigenvalue weighted by molar-refractivity contribution is 6.05. The smallest absolute Gasteiger partial charge is 0.336 e. The maximum Gasteiger partial charge on any atom is 0.336 e. The summed E-state index contributed by atoms with van der Waals surface area (Å²) in [7, 11) is 0. The van der Waals surface area contributed by atoms with Crippen molar-refractivity contribution < 1.29 is 19.5 Å². The van der Waals surface area contributed by atoms with Crippen LogP contribution in [-0.4, -0.2) is 23.3 Å². The van der Waals surface area contributed by atoms with Gasteiger partial charge in [0.2, 0.25) is 5.91 Å². The number of hydrogen-bond donors (Lipinski definition) is 2. The van der Waals surface area contributed by atoms with Gasteiger partial charge in [0.25, 0.3) is 0 Å². The molecule has 0 unspecified atom stereocenters. The molecule has 0 spiro atoms. The SMILES string of the molecule is NC(=O)c1cc(C=O)ccc1C(=O)O. The highest BCUT2D eigenvalue weighted by Gasteiger charge is 2.14. The van der Waals surface area contributed by atoms with E-state index in [1.165, 1.54) is 12.1 Å². The van der Waals surface area contributed by atoms with E-state index in [2.05, 4.69) is 0 Å². The molecule has 0 saturated heterocycles. The molecular weight excluding hydrogens is 186 g/mol. The van der Waals surface area contributed by atoms with Crippen LogP contribution in [0.4, 0.5) is 0 Å². The van der Waals surface area contributed by atoms with Crippen molar-refractivity contribution in [2.75, 3.05) is 0 Å². The van der Waals surface area contributed by atoms with Crippen LogP contribution in [0.15, 0.2) is 18.2 Å². The van der Waals surface area contributed by atoms with Crippen LogP contribution in [0.1, 0.15) is 31.1 Å². The average Bonchev–Trinajstić information content (AvgIpc) is 2.16. The molecule has 5 heteroatoms. The van der Waals surface area contributed by atoms with E-state index in [1.807, 2.05) is 0 Å².